The number of aryl methyl sites for hydroxylation is 1. The molecule has 0 N–H and O–H groups in total. The van der Waals surface area contributed by atoms with Crippen molar-refractivity contribution in [3.8, 4) is 0 Å². The minimum atomic E-state index is 0.934. The molecule has 1 rings (SSSR count). The van der Waals surface area contributed by atoms with Crippen LogP contribution in [-0.2, 0) is 6.42 Å². The van der Waals surface area contributed by atoms with Gasteiger partial charge in [0.25, 0.3) is 0 Å². The van der Waals surface area contributed by atoms with Gasteiger partial charge in [-0.25, -0.2) is 0 Å². The predicted octanol–water partition coefficient (Wildman–Crippen LogP) is 2.93. The molecule has 0 aliphatic rings. The second-order valence-corrected chi connectivity index (χ2v) is 2.52. The van der Waals surface area contributed by atoms with Gasteiger partial charge in [0.05, 0.1) is 0 Å². The van der Waals surface area contributed by atoms with Gasteiger partial charge in [-0.15, -0.1) is 0 Å². The van der Waals surface area contributed by atoms with Crippen LogP contribution in [0.1, 0.15) is 23.7 Å². The first-order valence-corrected chi connectivity index (χ1v) is 4.06. The highest BCUT2D eigenvalue weighted by atomic mass is 14.7. The summed E-state index contributed by atoms with van der Waals surface area (Å²) in [5, 5.41) is 0. The van der Waals surface area contributed by atoms with E-state index in [1.54, 1.807) is 0 Å². The van der Waals surface area contributed by atoms with Crippen molar-refractivity contribution in [3.05, 3.63) is 42.2 Å². The van der Waals surface area contributed by atoms with Gasteiger partial charge in [-0.2, -0.15) is 0 Å². The quantitative estimate of drug-likeness (QED) is 0.660. The maximum atomic E-state index is 4.26. The number of nitrogens with zero attached hydrogens (tertiary/aromatic N) is 1. The monoisotopic (exact) mass is 159 g/mol. The van der Waals surface area contributed by atoms with Crippen LogP contribution in [0, 0.1) is 0 Å². The highest BCUT2D eigenvalue weighted by Crippen LogP contribution is 2.15. The van der Waals surface area contributed by atoms with Gasteiger partial charge < -0.3 is 0 Å². The van der Waals surface area contributed by atoms with Gasteiger partial charge in [0.2, 0.25) is 0 Å². The predicted molar refractivity (Wildman–Crippen MR) is 53.8 cm³/mol. The summed E-state index contributed by atoms with van der Waals surface area (Å²) >= 11 is 0. The Kier molecular flexibility index (Phi) is 2.81. The molecule has 1 aromatic rings. The van der Waals surface area contributed by atoms with Gasteiger partial charge in [0.1, 0.15) is 0 Å². The van der Waals surface area contributed by atoms with Gasteiger partial charge in [0, 0.05) is 17.5 Å². The van der Waals surface area contributed by atoms with Crippen LogP contribution in [0.15, 0.2) is 25.4 Å². The topological polar surface area (TPSA) is 12.9 Å². The fourth-order valence-electron chi connectivity index (χ4n) is 1.23. The largest absolute Gasteiger partial charge is 0.261 e. The third-order valence-electron chi connectivity index (χ3n) is 1.87. The van der Waals surface area contributed by atoms with Crippen LogP contribution in [0.4, 0.5) is 0 Å². The molecule has 62 valence electrons. The summed E-state index contributed by atoms with van der Waals surface area (Å²) in [5.41, 5.74) is 3.30. The Balaban J connectivity index is 3.31. The average Bonchev–Trinajstić information content (AvgIpc) is 2.16. The van der Waals surface area contributed by atoms with Crippen LogP contribution in [0.3, 0.4) is 0 Å². The summed E-state index contributed by atoms with van der Waals surface area (Å²) < 4.78 is 0. The summed E-state index contributed by atoms with van der Waals surface area (Å²) in [6.07, 6.45) is 6.41. The first-order chi connectivity index (χ1) is 5.83. The molecule has 1 aromatic heterocycles. The Bertz CT molecular complexity index is 300. The van der Waals surface area contributed by atoms with Crippen molar-refractivity contribution >= 4 is 12.2 Å². The maximum absolute atomic E-state index is 4.26. The molecule has 1 heteroatoms. The summed E-state index contributed by atoms with van der Waals surface area (Å²) in [6, 6.07) is 1.95. The van der Waals surface area contributed by atoms with Crippen LogP contribution >= 0.6 is 0 Å². The molecule has 0 saturated heterocycles. The highest BCUT2D eigenvalue weighted by molar-refractivity contribution is 5.64. The van der Waals surface area contributed by atoms with Crippen molar-refractivity contribution in [1.29, 1.82) is 0 Å². The van der Waals surface area contributed by atoms with E-state index in [0.29, 0.717) is 0 Å². The van der Waals surface area contributed by atoms with Crippen molar-refractivity contribution in [3.63, 3.8) is 0 Å². The molecule has 0 unspecified atom stereocenters. The molecule has 0 atom stereocenters. The standard InChI is InChI=1S/C11H13N/c1-4-9-7-8-12-11(6-3)10(9)5-2/h4-5,7-8H,1-2,6H2,3H3. The van der Waals surface area contributed by atoms with E-state index in [9.17, 15) is 0 Å². The van der Waals surface area contributed by atoms with Crippen LogP contribution in [-0.4, -0.2) is 4.98 Å². The first kappa shape index (κ1) is 8.72. The Morgan fingerprint density at radius 1 is 1.42 bits per heavy atom. The number of aromatic nitrogens is 1. The summed E-state index contributed by atoms with van der Waals surface area (Å²) in [6.45, 7) is 9.59. The molecule has 0 aliphatic carbocycles. The number of pyridine rings is 1. The van der Waals surface area contributed by atoms with Gasteiger partial charge >= 0.3 is 0 Å². The molecule has 0 amide bonds. The number of rotatable bonds is 3. The van der Waals surface area contributed by atoms with E-state index in [0.717, 1.165) is 23.2 Å². The molecular weight excluding hydrogens is 146 g/mol. The molecule has 1 heterocycles. The van der Waals surface area contributed by atoms with Gasteiger partial charge in [-0.05, 0) is 18.1 Å². The van der Waals surface area contributed by atoms with Crippen LogP contribution in [0.25, 0.3) is 12.2 Å². The lowest BCUT2D eigenvalue weighted by atomic mass is 10.1. The molecule has 0 fully saturated rings. The van der Waals surface area contributed by atoms with Crippen molar-refractivity contribution in [2.45, 2.75) is 13.3 Å². The third kappa shape index (κ3) is 1.45. The zero-order chi connectivity index (χ0) is 8.97. The zero-order valence-electron chi connectivity index (χ0n) is 7.38. The lowest BCUT2D eigenvalue weighted by Gasteiger charge is -2.04. The van der Waals surface area contributed by atoms with Gasteiger partial charge in [-0.3, -0.25) is 4.98 Å². The lowest BCUT2D eigenvalue weighted by Crippen LogP contribution is -1.93. The molecule has 12 heavy (non-hydrogen) atoms. The van der Waals surface area contributed by atoms with Crippen molar-refractivity contribution in [1.82, 2.24) is 4.98 Å². The minimum Gasteiger partial charge on any atom is -0.261 e. The second-order valence-electron chi connectivity index (χ2n) is 2.52. The average molecular weight is 159 g/mol. The zero-order valence-corrected chi connectivity index (χ0v) is 7.38. The van der Waals surface area contributed by atoms with Crippen molar-refractivity contribution in [2.24, 2.45) is 0 Å². The molecule has 0 saturated carbocycles. The molecule has 0 radical (unpaired) electrons. The molecule has 0 aromatic carbocycles. The lowest BCUT2D eigenvalue weighted by molar-refractivity contribution is 1.03. The maximum Gasteiger partial charge on any atom is 0.0478 e. The highest BCUT2D eigenvalue weighted by Gasteiger charge is 2.01. The first-order valence-electron chi connectivity index (χ1n) is 4.06. The van der Waals surface area contributed by atoms with E-state index in [4.69, 9.17) is 0 Å². The summed E-state index contributed by atoms with van der Waals surface area (Å²) in [4.78, 5) is 4.26. The van der Waals surface area contributed by atoms with E-state index < -0.39 is 0 Å². The smallest absolute Gasteiger partial charge is 0.0478 e. The minimum absolute atomic E-state index is 0.934. The summed E-state index contributed by atoms with van der Waals surface area (Å²) in [7, 11) is 0. The van der Waals surface area contributed by atoms with Crippen molar-refractivity contribution in [2.75, 3.05) is 0 Å². The normalized spacial score (nSPS) is 9.42. The van der Waals surface area contributed by atoms with E-state index in [1.165, 1.54) is 0 Å². The fourth-order valence-corrected chi connectivity index (χ4v) is 1.23. The van der Waals surface area contributed by atoms with Crippen molar-refractivity contribution < 1.29 is 0 Å². The molecule has 1 nitrogen and oxygen atoms in total. The Morgan fingerprint density at radius 2 is 2.17 bits per heavy atom. The third-order valence-corrected chi connectivity index (χ3v) is 1.87. The summed E-state index contributed by atoms with van der Waals surface area (Å²) in [5.74, 6) is 0. The van der Waals surface area contributed by atoms with Gasteiger partial charge in [-0.1, -0.05) is 32.2 Å². The fraction of sp³-hybridized carbons (Fsp3) is 0.182. The van der Waals surface area contributed by atoms with E-state index in [2.05, 4.69) is 25.1 Å². The van der Waals surface area contributed by atoms with Crippen LogP contribution in [0.5, 0.6) is 0 Å². The van der Waals surface area contributed by atoms with Gasteiger partial charge in [0.15, 0.2) is 0 Å². The molecule has 0 spiro atoms. The van der Waals surface area contributed by atoms with E-state index >= 15 is 0 Å². The molecule has 0 bridgehead atoms. The SMILES string of the molecule is C=Cc1ccnc(CC)c1C=C. The second kappa shape index (κ2) is 3.86. The van der Waals surface area contributed by atoms with Crippen LogP contribution < -0.4 is 0 Å². The van der Waals surface area contributed by atoms with Crippen LogP contribution in [0.2, 0.25) is 0 Å². The Morgan fingerprint density at radius 3 is 2.67 bits per heavy atom. The number of hydrogen-bond acceptors (Lipinski definition) is 1. The van der Waals surface area contributed by atoms with E-state index in [-0.39, 0.29) is 0 Å². The Labute approximate surface area is 73.5 Å². The Hall–Kier alpha value is -1.37. The molecule has 0 aliphatic heterocycles. The van der Waals surface area contributed by atoms with E-state index in [1.807, 2.05) is 24.4 Å². The molecular formula is C11H13N. The number of hydrogen-bond donors (Lipinski definition) is 0.